The van der Waals surface area contributed by atoms with Crippen molar-refractivity contribution in [3.05, 3.63) is 47.1 Å². The number of ether oxygens (including phenoxy) is 1. The number of hydrogen-bond donors (Lipinski definition) is 1. The summed E-state index contributed by atoms with van der Waals surface area (Å²) in [5.74, 6) is 1.57. The number of methoxy groups -OCH3 is 1. The highest BCUT2D eigenvalue weighted by molar-refractivity contribution is 7.17. The van der Waals surface area contributed by atoms with Gasteiger partial charge in [-0.25, -0.2) is 9.97 Å². The number of thiophene rings is 1. The van der Waals surface area contributed by atoms with Gasteiger partial charge in [-0.2, -0.15) is 5.26 Å². The molecular weight excluding hydrogens is 296 g/mol. The number of anilines is 1. The molecule has 0 aliphatic heterocycles. The summed E-state index contributed by atoms with van der Waals surface area (Å²) >= 11 is 1.46. The SMILES string of the molecule is COc1ccc(CCNc2ncnc3scc(C#N)c23)cc1. The highest BCUT2D eigenvalue weighted by Gasteiger charge is 2.10. The second-order valence-electron chi connectivity index (χ2n) is 4.69. The molecule has 0 saturated carbocycles. The molecule has 0 saturated heterocycles. The summed E-state index contributed by atoms with van der Waals surface area (Å²) in [5, 5.41) is 15.1. The van der Waals surface area contributed by atoms with Crippen molar-refractivity contribution in [2.24, 2.45) is 0 Å². The first-order valence-electron chi connectivity index (χ1n) is 6.81. The van der Waals surface area contributed by atoms with Gasteiger partial charge in [-0.15, -0.1) is 11.3 Å². The van der Waals surface area contributed by atoms with Crippen LogP contribution in [-0.4, -0.2) is 23.6 Å². The lowest BCUT2D eigenvalue weighted by Gasteiger charge is -2.07. The highest BCUT2D eigenvalue weighted by Crippen LogP contribution is 2.28. The quantitative estimate of drug-likeness (QED) is 0.783. The first-order valence-corrected chi connectivity index (χ1v) is 7.69. The predicted octanol–water partition coefficient (Wildman–Crippen LogP) is 3.23. The molecule has 5 nitrogen and oxygen atoms in total. The Kier molecular flexibility index (Phi) is 4.17. The van der Waals surface area contributed by atoms with E-state index in [0.29, 0.717) is 5.56 Å². The minimum absolute atomic E-state index is 0.618. The lowest BCUT2D eigenvalue weighted by molar-refractivity contribution is 0.414. The smallest absolute Gasteiger partial charge is 0.139 e. The second kappa shape index (κ2) is 6.41. The Balaban J connectivity index is 1.71. The molecule has 3 aromatic rings. The van der Waals surface area contributed by atoms with E-state index >= 15 is 0 Å². The zero-order chi connectivity index (χ0) is 15.4. The van der Waals surface area contributed by atoms with Crippen molar-refractivity contribution in [3.63, 3.8) is 0 Å². The maximum atomic E-state index is 9.16. The molecule has 0 spiro atoms. The maximum absolute atomic E-state index is 9.16. The summed E-state index contributed by atoms with van der Waals surface area (Å²) in [6.07, 6.45) is 2.39. The maximum Gasteiger partial charge on any atom is 0.139 e. The Bertz CT molecular complexity index is 820. The van der Waals surface area contributed by atoms with E-state index in [-0.39, 0.29) is 0 Å². The molecule has 1 N–H and O–H groups in total. The van der Waals surface area contributed by atoms with Crippen molar-refractivity contribution in [2.75, 3.05) is 19.0 Å². The molecule has 0 aliphatic rings. The summed E-state index contributed by atoms with van der Waals surface area (Å²) in [4.78, 5) is 9.29. The van der Waals surface area contributed by atoms with Gasteiger partial charge in [-0.05, 0) is 24.1 Å². The second-order valence-corrected chi connectivity index (χ2v) is 5.55. The van der Waals surface area contributed by atoms with Gasteiger partial charge in [0, 0.05) is 11.9 Å². The minimum atomic E-state index is 0.618. The minimum Gasteiger partial charge on any atom is -0.497 e. The molecule has 0 unspecified atom stereocenters. The lowest BCUT2D eigenvalue weighted by atomic mass is 10.1. The fourth-order valence-corrected chi connectivity index (χ4v) is 3.04. The van der Waals surface area contributed by atoms with Crippen LogP contribution in [0.25, 0.3) is 10.2 Å². The van der Waals surface area contributed by atoms with Gasteiger partial charge in [0.2, 0.25) is 0 Å². The van der Waals surface area contributed by atoms with Crippen LogP contribution < -0.4 is 10.1 Å². The first-order chi connectivity index (χ1) is 10.8. The molecule has 2 aromatic heterocycles. The molecule has 0 radical (unpaired) electrons. The number of rotatable bonds is 5. The van der Waals surface area contributed by atoms with Crippen molar-refractivity contribution in [3.8, 4) is 11.8 Å². The van der Waals surface area contributed by atoms with Crippen LogP contribution in [0.15, 0.2) is 36.0 Å². The van der Waals surface area contributed by atoms with Gasteiger partial charge >= 0.3 is 0 Å². The van der Waals surface area contributed by atoms with E-state index in [4.69, 9.17) is 10.00 Å². The van der Waals surface area contributed by atoms with Gasteiger partial charge in [0.1, 0.15) is 28.8 Å². The number of hydrogen-bond acceptors (Lipinski definition) is 6. The van der Waals surface area contributed by atoms with Gasteiger partial charge < -0.3 is 10.1 Å². The largest absolute Gasteiger partial charge is 0.497 e. The molecule has 22 heavy (non-hydrogen) atoms. The van der Waals surface area contributed by atoms with Crippen LogP contribution >= 0.6 is 11.3 Å². The average molecular weight is 310 g/mol. The number of benzene rings is 1. The van der Waals surface area contributed by atoms with E-state index in [1.54, 1.807) is 7.11 Å². The van der Waals surface area contributed by atoms with Crippen molar-refractivity contribution < 1.29 is 4.74 Å². The number of nitrogens with one attached hydrogen (secondary N) is 1. The van der Waals surface area contributed by atoms with E-state index in [9.17, 15) is 0 Å². The van der Waals surface area contributed by atoms with Crippen LogP contribution in [0.1, 0.15) is 11.1 Å². The Labute approximate surface area is 132 Å². The fraction of sp³-hybridized carbons (Fsp3) is 0.188. The number of fused-ring (bicyclic) bond motifs is 1. The molecular formula is C16H14N4OS. The molecule has 2 heterocycles. The standard InChI is InChI=1S/C16H14N4OS/c1-21-13-4-2-11(3-5-13)6-7-18-15-14-12(8-17)9-22-16(14)20-10-19-15/h2-5,9-10H,6-7H2,1H3,(H,18,19,20). The Morgan fingerprint density at radius 1 is 1.27 bits per heavy atom. The lowest BCUT2D eigenvalue weighted by Crippen LogP contribution is -2.07. The van der Waals surface area contributed by atoms with Crippen LogP contribution in [0.4, 0.5) is 5.82 Å². The van der Waals surface area contributed by atoms with E-state index < -0.39 is 0 Å². The van der Waals surface area contributed by atoms with Gasteiger partial charge in [-0.3, -0.25) is 0 Å². The van der Waals surface area contributed by atoms with Crippen molar-refractivity contribution in [1.29, 1.82) is 5.26 Å². The van der Waals surface area contributed by atoms with E-state index in [1.165, 1.54) is 23.2 Å². The topological polar surface area (TPSA) is 70.8 Å². The summed E-state index contributed by atoms with van der Waals surface area (Å²) in [6, 6.07) is 10.2. The normalized spacial score (nSPS) is 10.4. The summed E-state index contributed by atoms with van der Waals surface area (Å²) < 4.78 is 5.15. The van der Waals surface area contributed by atoms with E-state index in [2.05, 4.69) is 21.4 Å². The van der Waals surface area contributed by atoms with Gasteiger partial charge in [0.25, 0.3) is 0 Å². The third-order valence-electron chi connectivity index (χ3n) is 3.36. The van der Waals surface area contributed by atoms with Crippen LogP contribution in [-0.2, 0) is 6.42 Å². The number of nitriles is 1. The molecule has 3 rings (SSSR count). The number of aromatic nitrogens is 2. The summed E-state index contributed by atoms with van der Waals surface area (Å²) in [5.41, 5.74) is 1.83. The van der Waals surface area contributed by atoms with E-state index in [0.717, 1.165) is 34.7 Å². The number of nitrogens with zero attached hydrogens (tertiary/aromatic N) is 3. The molecule has 1 aromatic carbocycles. The Morgan fingerprint density at radius 3 is 2.82 bits per heavy atom. The molecule has 0 atom stereocenters. The zero-order valence-corrected chi connectivity index (χ0v) is 12.9. The monoisotopic (exact) mass is 310 g/mol. The van der Waals surface area contributed by atoms with Gasteiger partial charge in [-0.1, -0.05) is 12.1 Å². The van der Waals surface area contributed by atoms with Crippen LogP contribution in [0, 0.1) is 11.3 Å². The van der Waals surface area contributed by atoms with Gasteiger partial charge in [0.05, 0.1) is 18.1 Å². The summed E-state index contributed by atoms with van der Waals surface area (Å²) in [6.45, 7) is 0.735. The molecule has 0 aliphatic carbocycles. The third kappa shape index (κ3) is 2.85. The Hall–Kier alpha value is -2.65. The third-order valence-corrected chi connectivity index (χ3v) is 4.24. The molecule has 0 fully saturated rings. The predicted molar refractivity (Wildman–Crippen MR) is 87.3 cm³/mol. The molecule has 0 bridgehead atoms. The van der Waals surface area contributed by atoms with Gasteiger partial charge in [0.15, 0.2) is 0 Å². The average Bonchev–Trinajstić information content (AvgIpc) is 2.99. The van der Waals surface area contributed by atoms with Crippen molar-refractivity contribution >= 4 is 27.4 Å². The molecule has 110 valence electrons. The zero-order valence-electron chi connectivity index (χ0n) is 12.0. The summed E-state index contributed by atoms with van der Waals surface area (Å²) in [7, 11) is 1.66. The van der Waals surface area contributed by atoms with Crippen molar-refractivity contribution in [1.82, 2.24) is 9.97 Å². The first kappa shape index (κ1) is 14.3. The van der Waals surface area contributed by atoms with E-state index in [1.807, 2.05) is 29.6 Å². The van der Waals surface area contributed by atoms with Crippen LogP contribution in [0.2, 0.25) is 0 Å². The Morgan fingerprint density at radius 2 is 2.09 bits per heavy atom. The molecule has 6 heteroatoms. The fourth-order valence-electron chi connectivity index (χ4n) is 2.21. The van der Waals surface area contributed by atoms with Crippen LogP contribution in [0.5, 0.6) is 5.75 Å². The van der Waals surface area contributed by atoms with Crippen LogP contribution in [0.3, 0.4) is 0 Å². The van der Waals surface area contributed by atoms with Crippen molar-refractivity contribution in [2.45, 2.75) is 6.42 Å². The molecule has 0 amide bonds. The highest BCUT2D eigenvalue weighted by atomic mass is 32.1.